The van der Waals surface area contributed by atoms with Crippen molar-refractivity contribution in [2.75, 3.05) is 31.3 Å². The van der Waals surface area contributed by atoms with Crippen molar-refractivity contribution in [1.82, 2.24) is 14.9 Å². The molecule has 0 radical (unpaired) electrons. The number of carbonyl (C=O) groups excluding carboxylic acids is 1. The number of nitrogens with two attached hydrogens (primary N) is 1. The van der Waals surface area contributed by atoms with Gasteiger partial charge in [0.15, 0.2) is 0 Å². The smallest absolute Gasteiger partial charge is 0.225 e. The normalized spacial score (nSPS) is 22.6. The summed E-state index contributed by atoms with van der Waals surface area (Å²) in [4.78, 5) is 24.5. The number of nitrogens with one attached hydrogen (secondary N) is 1. The number of ether oxygens (including phenoxy) is 1. The molecule has 1 saturated heterocycles. The van der Waals surface area contributed by atoms with E-state index >= 15 is 0 Å². The van der Waals surface area contributed by atoms with E-state index in [0.717, 1.165) is 78.1 Å². The van der Waals surface area contributed by atoms with E-state index in [9.17, 15) is 4.79 Å². The number of carbonyl (C=O) groups is 1. The molecular formula is C30H39N5O2. The van der Waals surface area contributed by atoms with Gasteiger partial charge in [0.25, 0.3) is 0 Å². The molecule has 3 aromatic rings. The fourth-order valence-electron chi connectivity index (χ4n) is 5.98. The summed E-state index contributed by atoms with van der Waals surface area (Å²) < 4.78 is 5.49. The van der Waals surface area contributed by atoms with Crippen molar-refractivity contribution in [1.29, 1.82) is 0 Å². The quantitative estimate of drug-likeness (QED) is 0.432. The molecule has 3 N–H and O–H groups in total. The van der Waals surface area contributed by atoms with E-state index in [1.807, 2.05) is 31.0 Å². The molecule has 0 unspecified atom stereocenters. The average Bonchev–Trinajstić information content (AvgIpc) is 3.42. The molecule has 2 fully saturated rings. The molecule has 37 heavy (non-hydrogen) atoms. The van der Waals surface area contributed by atoms with Crippen molar-refractivity contribution < 1.29 is 9.53 Å². The number of aryl methyl sites for hydroxylation is 2. The Kier molecular flexibility index (Phi) is 7.33. The van der Waals surface area contributed by atoms with Crippen molar-refractivity contribution in [3.8, 4) is 0 Å². The van der Waals surface area contributed by atoms with Gasteiger partial charge < -0.3 is 20.7 Å². The minimum atomic E-state index is 0.0482. The van der Waals surface area contributed by atoms with Crippen LogP contribution in [0.4, 0.5) is 11.5 Å². The monoisotopic (exact) mass is 501 g/mol. The Labute approximate surface area is 219 Å². The lowest BCUT2D eigenvalue weighted by Crippen LogP contribution is -2.41. The standard InChI is InChI=1S/C30H39N5O2/c1-18-13-24(15-25(31)14-18)19(2)32-29-27-16-23(9-10-28(27)33-20(3)34-29)21-5-7-22(8-6-21)30(36)35(4)26-11-12-37-17-26/h9-10,13-16,19,21-22,26H,5-8,11-12,17,31H2,1-4H3,(H,32,33,34)/t19-,21?,22?,26-/m0/s1. The van der Waals surface area contributed by atoms with Crippen LogP contribution in [-0.4, -0.2) is 47.1 Å². The van der Waals surface area contributed by atoms with Gasteiger partial charge in [-0.05, 0) is 99.7 Å². The van der Waals surface area contributed by atoms with E-state index < -0.39 is 0 Å². The first kappa shape index (κ1) is 25.5. The van der Waals surface area contributed by atoms with Crippen molar-refractivity contribution in [2.24, 2.45) is 5.92 Å². The molecule has 1 aromatic heterocycles. The molecule has 0 spiro atoms. The van der Waals surface area contributed by atoms with Gasteiger partial charge >= 0.3 is 0 Å². The lowest BCUT2D eigenvalue weighted by atomic mass is 9.78. The number of aromatic nitrogens is 2. The fraction of sp³-hybridized carbons (Fsp3) is 0.500. The Morgan fingerprint density at radius 3 is 2.57 bits per heavy atom. The Morgan fingerprint density at radius 1 is 1.08 bits per heavy atom. The number of fused-ring (bicyclic) bond motifs is 1. The van der Waals surface area contributed by atoms with Crippen LogP contribution in [0.25, 0.3) is 10.9 Å². The highest BCUT2D eigenvalue weighted by Crippen LogP contribution is 2.38. The van der Waals surface area contributed by atoms with Crippen molar-refractivity contribution in [3.63, 3.8) is 0 Å². The van der Waals surface area contributed by atoms with E-state index in [2.05, 4.69) is 43.4 Å². The van der Waals surface area contributed by atoms with Crippen molar-refractivity contribution in [2.45, 2.75) is 70.9 Å². The van der Waals surface area contributed by atoms with Gasteiger partial charge in [-0.1, -0.05) is 12.1 Å². The van der Waals surface area contributed by atoms with Crippen molar-refractivity contribution in [3.05, 3.63) is 58.9 Å². The number of anilines is 2. The van der Waals surface area contributed by atoms with E-state index in [4.69, 9.17) is 20.4 Å². The van der Waals surface area contributed by atoms with E-state index in [1.165, 1.54) is 5.56 Å². The van der Waals surface area contributed by atoms with Gasteiger partial charge in [-0.2, -0.15) is 0 Å². The summed E-state index contributed by atoms with van der Waals surface area (Å²) in [5.41, 5.74) is 11.4. The molecule has 1 aliphatic heterocycles. The highest BCUT2D eigenvalue weighted by molar-refractivity contribution is 5.90. The third-order valence-electron chi connectivity index (χ3n) is 8.16. The SMILES string of the molecule is Cc1cc(N)cc([C@H](C)Nc2nc(C)nc3ccc(C4CCC(C(=O)N(C)[C@H]5CCOC5)CC4)cc23)c1. The first-order valence-corrected chi connectivity index (χ1v) is 13.5. The molecule has 2 aromatic carbocycles. The lowest BCUT2D eigenvalue weighted by Gasteiger charge is -2.33. The van der Waals surface area contributed by atoms with E-state index in [-0.39, 0.29) is 23.9 Å². The predicted octanol–water partition coefficient (Wildman–Crippen LogP) is 5.52. The lowest BCUT2D eigenvalue weighted by molar-refractivity contribution is -0.137. The molecule has 1 amide bonds. The second-order valence-corrected chi connectivity index (χ2v) is 11.0. The number of rotatable bonds is 6. The zero-order valence-corrected chi connectivity index (χ0v) is 22.5. The summed E-state index contributed by atoms with van der Waals surface area (Å²) in [5.74, 6) is 2.44. The molecule has 2 atom stereocenters. The summed E-state index contributed by atoms with van der Waals surface area (Å²) >= 11 is 0. The van der Waals surface area contributed by atoms with Gasteiger partial charge in [-0.3, -0.25) is 4.79 Å². The second-order valence-electron chi connectivity index (χ2n) is 11.0. The van der Waals surface area contributed by atoms with Crippen LogP contribution in [0.15, 0.2) is 36.4 Å². The van der Waals surface area contributed by atoms with Gasteiger partial charge in [0.05, 0.1) is 24.2 Å². The van der Waals surface area contributed by atoms with Crippen LogP contribution >= 0.6 is 0 Å². The number of benzene rings is 2. The largest absolute Gasteiger partial charge is 0.399 e. The molecule has 2 heterocycles. The predicted molar refractivity (Wildman–Crippen MR) is 149 cm³/mol. The first-order chi connectivity index (χ1) is 17.8. The summed E-state index contributed by atoms with van der Waals surface area (Å²) in [5, 5.41) is 4.66. The van der Waals surface area contributed by atoms with E-state index in [0.29, 0.717) is 12.5 Å². The van der Waals surface area contributed by atoms with Gasteiger partial charge in [0, 0.05) is 30.6 Å². The first-order valence-electron chi connectivity index (χ1n) is 13.5. The van der Waals surface area contributed by atoms with Gasteiger partial charge in [0.2, 0.25) is 5.91 Å². The molecule has 5 rings (SSSR count). The number of amides is 1. The highest BCUT2D eigenvalue weighted by atomic mass is 16.5. The van der Waals surface area contributed by atoms with Crippen molar-refractivity contribution >= 4 is 28.3 Å². The van der Waals surface area contributed by atoms with E-state index in [1.54, 1.807) is 0 Å². The summed E-state index contributed by atoms with van der Waals surface area (Å²) in [6.07, 6.45) is 4.85. The van der Waals surface area contributed by atoms with Crippen LogP contribution in [0.2, 0.25) is 0 Å². The number of nitrogens with zero attached hydrogens (tertiary/aromatic N) is 3. The highest BCUT2D eigenvalue weighted by Gasteiger charge is 2.32. The third-order valence-corrected chi connectivity index (χ3v) is 8.16. The van der Waals surface area contributed by atoms with Gasteiger partial charge in [-0.25, -0.2) is 9.97 Å². The molecule has 2 aliphatic rings. The maximum Gasteiger partial charge on any atom is 0.225 e. The Balaban J connectivity index is 1.32. The average molecular weight is 502 g/mol. The molecule has 196 valence electrons. The number of hydrogen-bond acceptors (Lipinski definition) is 6. The van der Waals surface area contributed by atoms with Crippen LogP contribution in [0.5, 0.6) is 0 Å². The number of likely N-dealkylation sites (N-methyl/N-ethyl adjacent to an activating group) is 1. The van der Waals surface area contributed by atoms with Crippen LogP contribution in [0.1, 0.15) is 73.5 Å². The van der Waals surface area contributed by atoms with Crippen LogP contribution < -0.4 is 11.1 Å². The minimum absolute atomic E-state index is 0.0482. The maximum absolute atomic E-state index is 13.1. The fourth-order valence-corrected chi connectivity index (χ4v) is 5.98. The van der Waals surface area contributed by atoms with Crippen LogP contribution in [0, 0.1) is 19.8 Å². The van der Waals surface area contributed by atoms with Gasteiger partial charge in [-0.15, -0.1) is 0 Å². The van der Waals surface area contributed by atoms with Gasteiger partial charge in [0.1, 0.15) is 11.6 Å². The third kappa shape index (κ3) is 5.57. The second kappa shape index (κ2) is 10.7. The molecule has 1 saturated carbocycles. The zero-order chi connectivity index (χ0) is 26.1. The summed E-state index contributed by atoms with van der Waals surface area (Å²) in [6.45, 7) is 7.55. The van der Waals surface area contributed by atoms with Crippen LogP contribution in [0.3, 0.4) is 0 Å². The van der Waals surface area contributed by atoms with Crippen LogP contribution in [-0.2, 0) is 9.53 Å². The number of hydrogen-bond donors (Lipinski definition) is 2. The molecule has 0 bridgehead atoms. The Hall–Kier alpha value is -3.19. The summed E-state index contributed by atoms with van der Waals surface area (Å²) in [7, 11) is 1.94. The number of nitrogen functional groups attached to an aromatic ring is 1. The maximum atomic E-state index is 13.1. The molecule has 7 heteroatoms. The Bertz CT molecular complexity index is 1260. The summed E-state index contributed by atoms with van der Waals surface area (Å²) in [6, 6.07) is 13.0. The Morgan fingerprint density at radius 2 is 1.86 bits per heavy atom. The molecule has 1 aliphatic carbocycles. The topological polar surface area (TPSA) is 93.4 Å². The molecular weight excluding hydrogens is 462 g/mol. The zero-order valence-electron chi connectivity index (χ0n) is 22.5. The minimum Gasteiger partial charge on any atom is -0.399 e. The molecule has 7 nitrogen and oxygen atoms in total.